The summed E-state index contributed by atoms with van der Waals surface area (Å²) >= 11 is 0. The van der Waals surface area contributed by atoms with Gasteiger partial charge in [0.05, 0.1) is 6.10 Å². The van der Waals surface area contributed by atoms with Gasteiger partial charge in [0.15, 0.2) is 0 Å². The molecule has 1 aromatic rings. The fraction of sp³-hybridized carbons (Fsp3) is 0.273. The minimum Gasteiger partial charge on any atom is -0.393 e. The maximum atomic E-state index is 8.98. The van der Waals surface area contributed by atoms with Crippen LogP contribution in [0.2, 0.25) is 0 Å². The third kappa shape index (κ3) is 3.35. The number of rotatable bonds is 3. The average molecular weight is 162 g/mol. The Morgan fingerprint density at radius 2 is 2.00 bits per heavy atom. The highest BCUT2D eigenvalue weighted by atomic mass is 16.3. The second kappa shape index (κ2) is 4.73. The summed E-state index contributed by atoms with van der Waals surface area (Å²) in [5.41, 5.74) is 1.18. The molecule has 64 valence electrons. The molecule has 0 aliphatic rings. The van der Waals surface area contributed by atoms with Crippen molar-refractivity contribution >= 4 is 6.08 Å². The molecule has 1 aromatic carbocycles. The fourth-order valence-electron chi connectivity index (χ4n) is 0.965. The van der Waals surface area contributed by atoms with E-state index in [9.17, 15) is 0 Å². The van der Waals surface area contributed by atoms with Crippen LogP contribution in [0.5, 0.6) is 0 Å². The van der Waals surface area contributed by atoms with Crippen molar-refractivity contribution in [2.24, 2.45) is 0 Å². The molecule has 12 heavy (non-hydrogen) atoms. The quantitative estimate of drug-likeness (QED) is 0.724. The summed E-state index contributed by atoms with van der Waals surface area (Å²) in [6.07, 6.45) is 4.48. The van der Waals surface area contributed by atoms with E-state index in [1.165, 1.54) is 5.56 Å². The third-order valence-electron chi connectivity index (χ3n) is 1.59. The maximum Gasteiger partial charge on any atom is 0.0546 e. The Kier molecular flexibility index (Phi) is 3.55. The highest BCUT2D eigenvalue weighted by Crippen LogP contribution is 2.02. The molecule has 1 nitrogen and oxygen atoms in total. The number of hydrogen-bond acceptors (Lipinski definition) is 1. The van der Waals surface area contributed by atoms with Crippen LogP contribution in [0.1, 0.15) is 18.9 Å². The molecule has 0 radical (unpaired) electrons. The van der Waals surface area contributed by atoms with E-state index >= 15 is 0 Å². The summed E-state index contributed by atoms with van der Waals surface area (Å²) in [5, 5.41) is 8.98. The molecule has 0 saturated carbocycles. The van der Waals surface area contributed by atoms with Crippen molar-refractivity contribution in [2.45, 2.75) is 19.4 Å². The molecule has 1 unspecified atom stereocenters. The molecule has 0 amide bonds. The predicted molar refractivity (Wildman–Crippen MR) is 51.8 cm³/mol. The van der Waals surface area contributed by atoms with Crippen LogP contribution >= 0.6 is 0 Å². The van der Waals surface area contributed by atoms with Gasteiger partial charge in [-0.15, -0.1) is 0 Å². The molecule has 1 atom stereocenters. The molecule has 1 rings (SSSR count). The zero-order valence-corrected chi connectivity index (χ0v) is 7.27. The molecular formula is C11H14O. The van der Waals surface area contributed by atoms with Crippen molar-refractivity contribution in [1.29, 1.82) is 0 Å². The van der Waals surface area contributed by atoms with Crippen molar-refractivity contribution < 1.29 is 5.11 Å². The van der Waals surface area contributed by atoms with E-state index in [4.69, 9.17) is 5.11 Å². The van der Waals surface area contributed by atoms with Crippen LogP contribution in [0, 0.1) is 0 Å². The molecule has 0 spiro atoms. The van der Waals surface area contributed by atoms with Crippen LogP contribution in [-0.4, -0.2) is 11.2 Å². The van der Waals surface area contributed by atoms with Crippen molar-refractivity contribution in [3.8, 4) is 0 Å². The van der Waals surface area contributed by atoms with Gasteiger partial charge in [0, 0.05) is 0 Å². The summed E-state index contributed by atoms with van der Waals surface area (Å²) in [7, 11) is 0. The molecule has 0 saturated heterocycles. The van der Waals surface area contributed by atoms with Crippen molar-refractivity contribution in [2.75, 3.05) is 0 Å². The van der Waals surface area contributed by atoms with Gasteiger partial charge in [-0.3, -0.25) is 0 Å². The van der Waals surface area contributed by atoms with Crippen LogP contribution in [0.3, 0.4) is 0 Å². The topological polar surface area (TPSA) is 20.2 Å². The molecule has 0 bridgehead atoms. The Balaban J connectivity index is 2.47. The molecule has 1 heteroatoms. The van der Waals surface area contributed by atoms with E-state index in [-0.39, 0.29) is 6.10 Å². The van der Waals surface area contributed by atoms with Crippen LogP contribution in [0.25, 0.3) is 6.08 Å². The monoisotopic (exact) mass is 162 g/mol. The first-order valence-corrected chi connectivity index (χ1v) is 4.18. The van der Waals surface area contributed by atoms with Crippen molar-refractivity contribution in [1.82, 2.24) is 0 Å². The lowest BCUT2D eigenvalue weighted by atomic mass is 10.2. The van der Waals surface area contributed by atoms with Crippen LogP contribution in [-0.2, 0) is 0 Å². The Labute approximate surface area is 73.4 Å². The molecule has 0 aliphatic heterocycles. The minimum atomic E-state index is -0.245. The van der Waals surface area contributed by atoms with Crippen molar-refractivity contribution in [3.63, 3.8) is 0 Å². The Morgan fingerprint density at radius 3 is 2.58 bits per heavy atom. The lowest BCUT2D eigenvalue weighted by Crippen LogP contribution is -1.94. The normalized spacial score (nSPS) is 13.5. The van der Waals surface area contributed by atoms with Gasteiger partial charge in [-0.25, -0.2) is 0 Å². The van der Waals surface area contributed by atoms with Crippen LogP contribution in [0.4, 0.5) is 0 Å². The summed E-state index contributed by atoms with van der Waals surface area (Å²) in [4.78, 5) is 0. The molecular weight excluding hydrogens is 148 g/mol. The number of aliphatic hydroxyl groups is 1. The lowest BCUT2D eigenvalue weighted by Gasteiger charge is -1.96. The Hall–Kier alpha value is -1.08. The van der Waals surface area contributed by atoms with Gasteiger partial charge in [0.25, 0.3) is 0 Å². The van der Waals surface area contributed by atoms with Crippen molar-refractivity contribution in [3.05, 3.63) is 42.0 Å². The number of benzene rings is 1. The molecule has 0 aliphatic carbocycles. The molecule has 0 heterocycles. The van der Waals surface area contributed by atoms with Gasteiger partial charge in [0.1, 0.15) is 0 Å². The summed E-state index contributed by atoms with van der Waals surface area (Å²) < 4.78 is 0. The fourth-order valence-corrected chi connectivity index (χ4v) is 0.965. The summed E-state index contributed by atoms with van der Waals surface area (Å²) in [5.74, 6) is 0. The highest BCUT2D eigenvalue weighted by molar-refractivity contribution is 5.48. The number of hydrogen-bond donors (Lipinski definition) is 1. The largest absolute Gasteiger partial charge is 0.393 e. The minimum absolute atomic E-state index is 0.245. The predicted octanol–water partition coefficient (Wildman–Crippen LogP) is 2.47. The Morgan fingerprint density at radius 1 is 1.33 bits per heavy atom. The van der Waals surface area contributed by atoms with Gasteiger partial charge in [-0.1, -0.05) is 42.5 Å². The van der Waals surface area contributed by atoms with E-state index < -0.39 is 0 Å². The van der Waals surface area contributed by atoms with E-state index in [1.54, 1.807) is 6.92 Å². The second-order valence-electron chi connectivity index (χ2n) is 2.90. The van der Waals surface area contributed by atoms with Gasteiger partial charge >= 0.3 is 0 Å². The van der Waals surface area contributed by atoms with Crippen LogP contribution in [0.15, 0.2) is 36.4 Å². The SMILES string of the molecule is CC(O)C/C=C\c1ccccc1. The third-order valence-corrected chi connectivity index (χ3v) is 1.59. The zero-order valence-electron chi connectivity index (χ0n) is 7.27. The van der Waals surface area contributed by atoms with E-state index in [0.717, 1.165) is 6.42 Å². The number of aliphatic hydroxyl groups excluding tert-OH is 1. The van der Waals surface area contributed by atoms with Gasteiger partial charge in [-0.05, 0) is 18.9 Å². The lowest BCUT2D eigenvalue weighted by molar-refractivity contribution is 0.199. The summed E-state index contributed by atoms with van der Waals surface area (Å²) in [6, 6.07) is 10.1. The maximum absolute atomic E-state index is 8.98. The smallest absolute Gasteiger partial charge is 0.0546 e. The second-order valence-corrected chi connectivity index (χ2v) is 2.90. The highest BCUT2D eigenvalue weighted by Gasteiger charge is 1.88. The van der Waals surface area contributed by atoms with Gasteiger partial charge in [0.2, 0.25) is 0 Å². The standard InChI is InChI=1S/C11H14O/c1-10(12)6-5-9-11-7-3-2-4-8-11/h2-5,7-10,12H,6H2,1H3/b9-5-. The van der Waals surface area contributed by atoms with Crippen LogP contribution < -0.4 is 0 Å². The first kappa shape index (κ1) is 9.01. The molecule has 0 aromatic heterocycles. The van der Waals surface area contributed by atoms with E-state index in [0.29, 0.717) is 0 Å². The first-order valence-electron chi connectivity index (χ1n) is 4.18. The van der Waals surface area contributed by atoms with E-state index in [2.05, 4.69) is 0 Å². The summed E-state index contributed by atoms with van der Waals surface area (Å²) in [6.45, 7) is 1.79. The Bertz CT molecular complexity index is 236. The first-order chi connectivity index (χ1) is 5.79. The average Bonchev–Trinajstić information content (AvgIpc) is 2.05. The zero-order chi connectivity index (χ0) is 8.81. The van der Waals surface area contributed by atoms with E-state index in [1.807, 2.05) is 42.5 Å². The molecule has 0 fully saturated rings. The molecule has 1 N–H and O–H groups in total. The van der Waals surface area contributed by atoms with Gasteiger partial charge in [-0.2, -0.15) is 0 Å². The van der Waals surface area contributed by atoms with Gasteiger partial charge < -0.3 is 5.11 Å².